The third-order valence-corrected chi connectivity index (χ3v) is 4.46. The summed E-state index contributed by atoms with van der Waals surface area (Å²) in [4.78, 5) is 11.0. The number of primary amides is 1. The molecule has 0 aliphatic heterocycles. The second-order valence-electron chi connectivity index (χ2n) is 3.58. The lowest BCUT2D eigenvalue weighted by molar-refractivity contribution is 0.100. The minimum atomic E-state index is -4.00. The summed E-state index contributed by atoms with van der Waals surface area (Å²) in [6.45, 7) is 0. The molecule has 2 rings (SSSR count). The van der Waals surface area contributed by atoms with Crippen LogP contribution in [-0.4, -0.2) is 14.3 Å². The summed E-state index contributed by atoms with van der Waals surface area (Å²) in [5.74, 6) is -0.800. The maximum Gasteiger partial charge on any atom is 0.260 e. The quantitative estimate of drug-likeness (QED) is 0.882. The normalized spacial score (nSPS) is 11.4. The fourth-order valence-electron chi connectivity index (χ4n) is 1.62. The molecular formula is C11H10N2O3S2. The maximum atomic E-state index is 11.6. The molecule has 0 saturated heterocycles. The summed E-state index contributed by atoms with van der Waals surface area (Å²) in [7, 11) is -4.00. The van der Waals surface area contributed by atoms with Gasteiger partial charge in [-0.1, -0.05) is 30.3 Å². The van der Waals surface area contributed by atoms with Gasteiger partial charge in [0, 0.05) is 10.9 Å². The number of benzene rings is 1. The van der Waals surface area contributed by atoms with Gasteiger partial charge in [0.15, 0.2) is 0 Å². The van der Waals surface area contributed by atoms with Gasteiger partial charge in [-0.05, 0) is 5.56 Å². The van der Waals surface area contributed by atoms with E-state index >= 15 is 0 Å². The van der Waals surface area contributed by atoms with E-state index in [-0.39, 0.29) is 9.77 Å². The molecule has 0 atom stereocenters. The predicted molar refractivity (Wildman–Crippen MR) is 69.6 cm³/mol. The van der Waals surface area contributed by atoms with E-state index < -0.39 is 15.9 Å². The lowest BCUT2D eigenvalue weighted by Gasteiger charge is -2.03. The molecule has 1 heterocycles. The second kappa shape index (κ2) is 4.52. The van der Waals surface area contributed by atoms with Gasteiger partial charge >= 0.3 is 0 Å². The molecule has 0 saturated carbocycles. The van der Waals surface area contributed by atoms with Crippen molar-refractivity contribution in [2.45, 2.75) is 4.90 Å². The van der Waals surface area contributed by atoms with Crippen LogP contribution in [0, 0.1) is 0 Å². The SMILES string of the molecule is NC(=O)c1scc(-c2ccccc2)c1S(N)(=O)=O. The summed E-state index contributed by atoms with van der Waals surface area (Å²) < 4.78 is 23.2. The van der Waals surface area contributed by atoms with Gasteiger partial charge in [-0.25, -0.2) is 13.6 Å². The van der Waals surface area contributed by atoms with E-state index in [1.807, 2.05) is 6.07 Å². The van der Waals surface area contributed by atoms with Crippen LogP contribution < -0.4 is 10.9 Å². The smallest absolute Gasteiger partial charge is 0.260 e. The molecule has 5 nitrogen and oxygen atoms in total. The summed E-state index contributed by atoms with van der Waals surface area (Å²) >= 11 is 0.972. The first-order valence-corrected chi connectivity index (χ1v) is 7.33. The molecule has 0 fully saturated rings. The van der Waals surface area contributed by atoms with E-state index in [2.05, 4.69) is 0 Å². The first-order valence-electron chi connectivity index (χ1n) is 4.91. The predicted octanol–water partition coefficient (Wildman–Crippen LogP) is 1.16. The van der Waals surface area contributed by atoms with E-state index in [1.54, 1.807) is 29.6 Å². The Bertz CT molecular complexity index is 690. The van der Waals surface area contributed by atoms with Crippen molar-refractivity contribution in [3.8, 4) is 11.1 Å². The van der Waals surface area contributed by atoms with Crippen molar-refractivity contribution < 1.29 is 13.2 Å². The van der Waals surface area contributed by atoms with Crippen molar-refractivity contribution in [1.29, 1.82) is 0 Å². The Morgan fingerprint density at radius 1 is 1.17 bits per heavy atom. The maximum absolute atomic E-state index is 11.6. The van der Waals surface area contributed by atoms with Crippen molar-refractivity contribution in [3.05, 3.63) is 40.6 Å². The Balaban J connectivity index is 2.75. The molecule has 0 aliphatic carbocycles. The highest BCUT2D eigenvalue weighted by Crippen LogP contribution is 2.34. The average molecular weight is 282 g/mol. The standard InChI is InChI=1S/C11H10N2O3S2/c12-11(14)9-10(18(13,15)16)8(6-17-9)7-4-2-1-3-5-7/h1-6H,(H2,12,14)(H2,13,15,16). The monoisotopic (exact) mass is 282 g/mol. The van der Waals surface area contributed by atoms with Crippen molar-refractivity contribution >= 4 is 27.3 Å². The topological polar surface area (TPSA) is 103 Å². The van der Waals surface area contributed by atoms with Crippen LogP contribution in [0.3, 0.4) is 0 Å². The van der Waals surface area contributed by atoms with Crippen LogP contribution in [0.15, 0.2) is 40.6 Å². The highest BCUT2D eigenvalue weighted by molar-refractivity contribution is 7.89. The highest BCUT2D eigenvalue weighted by atomic mass is 32.2. The Morgan fingerprint density at radius 2 is 1.78 bits per heavy atom. The number of carbonyl (C=O) groups is 1. The molecule has 1 aromatic heterocycles. The molecule has 0 radical (unpaired) electrons. The van der Waals surface area contributed by atoms with Crippen LogP contribution in [0.5, 0.6) is 0 Å². The van der Waals surface area contributed by atoms with Gasteiger partial charge in [0.2, 0.25) is 10.0 Å². The second-order valence-corrected chi connectivity index (χ2v) is 5.96. The lowest BCUT2D eigenvalue weighted by Crippen LogP contribution is -2.19. The third-order valence-electron chi connectivity index (χ3n) is 2.34. The van der Waals surface area contributed by atoms with Gasteiger partial charge in [0.1, 0.15) is 9.77 Å². The highest BCUT2D eigenvalue weighted by Gasteiger charge is 2.25. The first kappa shape index (κ1) is 12.7. The summed E-state index contributed by atoms with van der Waals surface area (Å²) in [5, 5.41) is 6.71. The van der Waals surface area contributed by atoms with Crippen molar-refractivity contribution in [1.82, 2.24) is 0 Å². The number of rotatable bonds is 3. The number of amides is 1. The number of sulfonamides is 1. The number of hydrogen-bond donors (Lipinski definition) is 2. The Hall–Kier alpha value is -1.70. The number of primary sulfonamides is 1. The number of hydrogen-bond acceptors (Lipinski definition) is 4. The van der Waals surface area contributed by atoms with Crippen molar-refractivity contribution in [2.75, 3.05) is 0 Å². The molecular weight excluding hydrogens is 272 g/mol. The minimum Gasteiger partial charge on any atom is -0.365 e. The molecule has 0 bridgehead atoms. The summed E-state index contributed by atoms with van der Waals surface area (Å²) in [6.07, 6.45) is 0. The fourth-order valence-corrected chi connectivity index (χ4v) is 3.85. The number of thiophene rings is 1. The molecule has 2 aromatic rings. The van der Waals surface area contributed by atoms with E-state index in [0.29, 0.717) is 11.1 Å². The Kier molecular flexibility index (Phi) is 3.20. The Labute approximate surface area is 108 Å². The van der Waals surface area contributed by atoms with Crippen molar-refractivity contribution in [2.24, 2.45) is 10.9 Å². The van der Waals surface area contributed by atoms with Crippen LogP contribution in [0.25, 0.3) is 11.1 Å². The van der Waals surface area contributed by atoms with E-state index in [0.717, 1.165) is 11.3 Å². The molecule has 1 aromatic carbocycles. The largest absolute Gasteiger partial charge is 0.365 e. The lowest BCUT2D eigenvalue weighted by atomic mass is 10.1. The zero-order chi connectivity index (χ0) is 13.3. The van der Waals surface area contributed by atoms with Gasteiger partial charge in [0.25, 0.3) is 5.91 Å². The van der Waals surface area contributed by atoms with E-state index in [1.165, 1.54) is 0 Å². The first-order chi connectivity index (χ1) is 8.41. The zero-order valence-corrected chi connectivity index (χ0v) is 10.8. The van der Waals surface area contributed by atoms with Gasteiger partial charge in [-0.2, -0.15) is 0 Å². The van der Waals surface area contributed by atoms with E-state index in [4.69, 9.17) is 10.9 Å². The molecule has 0 aliphatic rings. The zero-order valence-electron chi connectivity index (χ0n) is 9.16. The van der Waals surface area contributed by atoms with Crippen LogP contribution >= 0.6 is 11.3 Å². The third kappa shape index (κ3) is 2.28. The molecule has 0 unspecified atom stereocenters. The molecule has 18 heavy (non-hydrogen) atoms. The summed E-state index contributed by atoms with van der Waals surface area (Å²) in [6, 6.07) is 8.82. The molecule has 7 heteroatoms. The van der Waals surface area contributed by atoms with Crippen LogP contribution in [0.2, 0.25) is 0 Å². The van der Waals surface area contributed by atoms with Gasteiger partial charge in [-0.3, -0.25) is 4.79 Å². The average Bonchev–Trinajstić information content (AvgIpc) is 2.74. The Morgan fingerprint density at radius 3 is 2.28 bits per heavy atom. The van der Waals surface area contributed by atoms with Gasteiger partial charge < -0.3 is 5.73 Å². The van der Waals surface area contributed by atoms with Crippen molar-refractivity contribution in [3.63, 3.8) is 0 Å². The summed E-state index contributed by atoms with van der Waals surface area (Å²) in [5.41, 5.74) is 6.23. The number of nitrogens with two attached hydrogens (primary N) is 2. The van der Waals surface area contributed by atoms with Crippen LogP contribution in [0.1, 0.15) is 9.67 Å². The minimum absolute atomic E-state index is 0.0450. The molecule has 94 valence electrons. The molecule has 4 N–H and O–H groups in total. The molecule has 0 spiro atoms. The van der Waals surface area contributed by atoms with E-state index in [9.17, 15) is 13.2 Å². The fraction of sp³-hybridized carbons (Fsp3) is 0. The molecule has 1 amide bonds. The van der Waals surface area contributed by atoms with Crippen LogP contribution in [0.4, 0.5) is 0 Å². The number of carbonyl (C=O) groups excluding carboxylic acids is 1. The van der Waals surface area contributed by atoms with Crippen LogP contribution in [-0.2, 0) is 10.0 Å². The van der Waals surface area contributed by atoms with Gasteiger partial charge in [0.05, 0.1) is 0 Å². The van der Waals surface area contributed by atoms with Gasteiger partial charge in [-0.15, -0.1) is 11.3 Å².